The molecule has 3 N–H and O–H groups in total. The Balaban J connectivity index is 0.923. The van der Waals surface area contributed by atoms with Crippen molar-refractivity contribution in [3.05, 3.63) is 179 Å². The molecule has 0 bridgehead atoms. The van der Waals surface area contributed by atoms with Gasteiger partial charge in [-0.1, -0.05) is 115 Å². The molecule has 0 saturated heterocycles. The molecule has 0 fully saturated rings. The van der Waals surface area contributed by atoms with Gasteiger partial charge in [-0.3, -0.25) is 10.3 Å². The summed E-state index contributed by atoms with van der Waals surface area (Å²) in [5.74, 6) is 2.20. The van der Waals surface area contributed by atoms with Crippen molar-refractivity contribution in [1.29, 1.82) is 0 Å². The number of hydrogen-bond donors (Lipinski definition) is 2. The van der Waals surface area contributed by atoms with Crippen LogP contribution in [0.2, 0.25) is 0 Å². The topological polar surface area (TPSA) is 66.8 Å². The highest BCUT2D eigenvalue weighted by Gasteiger charge is 2.45. The number of nitrogens with one attached hydrogen (secondary N) is 1. The highest BCUT2D eigenvalue weighted by molar-refractivity contribution is 5.92. The molecule has 1 aromatic heterocycles. The molecular weight excluding hydrogens is 685 g/mol. The molecular formula is C51H50N4O. The van der Waals surface area contributed by atoms with Crippen LogP contribution in [0, 0.1) is 17.8 Å². The van der Waals surface area contributed by atoms with Gasteiger partial charge >= 0.3 is 0 Å². The maximum atomic E-state index is 6.73. The fourth-order valence-electron chi connectivity index (χ4n) is 9.90. The number of nitrogens with zero attached hydrogens (tertiary/aromatic N) is 2. The molecule has 10 rings (SSSR count). The Morgan fingerprint density at radius 2 is 1.71 bits per heavy atom. The smallest absolute Gasteiger partial charge is 0.135 e. The van der Waals surface area contributed by atoms with Crippen LogP contribution < -0.4 is 16.0 Å². The molecule has 2 heterocycles. The molecule has 5 nitrogen and oxygen atoms in total. The summed E-state index contributed by atoms with van der Waals surface area (Å²) in [5, 5.41) is 4.86. The standard InChI is InChI=1S/C51H50N4O/c52-50(35-15-3-1-4-16-35)54-51(36-17-5-2-6-18-36)53-33-34-14-11-20-39(30-34)41-24-13-26-46-49(41)44-23-7-9-25-45(44)55(46)40-21-12-19-37(31-40)38-28-29-43-42-22-8-10-27-47(42)56-48(43)32-38/h1-6,8-9,12-13,15,17-22,25-26,28-33,35,41,46,49-51,54H,7,10-11,14,16,23-24,27,52H2. The lowest BCUT2D eigenvalue weighted by Crippen LogP contribution is -2.44. The summed E-state index contributed by atoms with van der Waals surface area (Å²) in [6.45, 7) is 0. The molecule has 0 saturated carbocycles. The van der Waals surface area contributed by atoms with Crippen molar-refractivity contribution >= 4 is 28.9 Å². The van der Waals surface area contributed by atoms with E-state index in [2.05, 4.69) is 162 Å². The Morgan fingerprint density at radius 3 is 2.62 bits per heavy atom. The minimum atomic E-state index is -0.216. The summed E-state index contributed by atoms with van der Waals surface area (Å²) < 4.78 is 6.37. The molecule has 4 aromatic rings. The number of benzene rings is 3. The van der Waals surface area contributed by atoms with Crippen LogP contribution in [0.5, 0.6) is 0 Å². The first-order chi connectivity index (χ1) is 27.7. The monoisotopic (exact) mass is 734 g/mol. The Hall–Kier alpha value is -5.49. The van der Waals surface area contributed by atoms with Gasteiger partial charge in [0.05, 0.1) is 12.2 Å². The molecule has 280 valence electrons. The van der Waals surface area contributed by atoms with E-state index in [1.165, 1.54) is 44.6 Å². The Labute approximate surface area is 330 Å². The molecule has 3 aromatic carbocycles. The highest BCUT2D eigenvalue weighted by Crippen LogP contribution is 2.51. The number of hydrogen-bond acceptors (Lipinski definition) is 5. The lowest BCUT2D eigenvalue weighted by molar-refractivity contribution is 0.375. The van der Waals surface area contributed by atoms with Crippen LogP contribution in [-0.2, 0) is 6.42 Å². The Kier molecular flexibility index (Phi) is 9.50. The van der Waals surface area contributed by atoms with Crippen LogP contribution in [0.1, 0.15) is 68.0 Å². The predicted molar refractivity (Wildman–Crippen MR) is 232 cm³/mol. The van der Waals surface area contributed by atoms with Gasteiger partial charge < -0.3 is 15.1 Å². The molecule has 0 spiro atoms. The van der Waals surface area contributed by atoms with E-state index < -0.39 is 0 Å². The average Bonchev–Trinajstić information content (AvgIpc) is 3.81. The SMILES string of the molecule is NC(NC(N=CC1=CC(C2CC=CC3C2C2=C(C=CCC2)N3c2cccc(-c3ccc4c5c(oc4c3)CCC=C5)c2)=CCC1)c1ccccc1)C1C=CC=CC1. The molecule has 0 radical (unpaired) electrons. The molecule has 1 aliphatic heterocycles. The third kappa shape index (κ3) is 6.63. The van der Waals surface area contributed by atoms with Gasteiger partial charge in [-0.25, -0.2) is 0 Å². The van der Waals surface area contributed by atoms with Crippen LogP contribution in [0.4, 0.5) is 5.69 Å². The summed E-state index contributed by atoms with van der Waals surface area (Å²) in [6, 6.07) is 26.6. The van der Waals surface area contributed by atoms with Gasteiger partial charge in [0.2, 0.25) is 0 Å². The number of rotatable bonds is 9. The maximum Gasteiger partial charge on any atom is 0.135 e. The summed E-state index contributed by atoms with van der Waals surface area (Å²) in [5.41, 5.74) is 19.5. The number of aliphatic imine (C=N–C) groups is 1. The molecule has 5 aliphatic carbocycles. The van der Waals surface area contributed by atoms with Crippen molar-refractivity contribution in [3.8, 4) is 11.1 Å². The van der Waals surface area contributed by atoms with Gasteiger partial charge in [-0.15, -0.1) is 0 Å². The van der Waals surface area contributed by atoms with Crippen molar-refractivity contribution in [1.82, 2.24) is 5.32 Å². The van der Waals surface area contributed by atoms with Gasteiger partial charge in [-0.2, -0.15) is 0 Å². The summed E-state index contributed by atoms with van der Waals surface area (Å²) >= 11 is 0. The summed E-state index contributed by atoms with van der Waals surface area (Å²) in [7, 11) is 0. The van der Waals surface area contributed by atoms with E-state index in [-0.39, 0.29) is 24.3 Å². The zero-order valence-electron chi connectivity index (χ0n) is 31.9. The van der Waals surface area contributed by atoms with E-state index >= 15 is 0 Å². The number of furan rings is 1. The average molecular weight is 735 g/mol. The van der Waals surface area contributed by atoms with E-state index in [4.69, 9.17) is 15.1 Å². The van der Waals surface area contributed by atoms with E-state index in [9.17, 15) is 0 Å². The van der Waals surface area contributed by atoms with E-state index in [0.29, 0.717) is 11.8 Å². The second kappa shape index (κ2) is 15.2. The van der Waals surface area contributed by atoms with E-state index in [1.807, 2.05) is 0 Å². The van der Waals surface area contributed by atoms with Crippen LogP contribution >= 0.6 is 0 Å². The third-order valence-electron chi connectivity index (χ3n) is 12.7. The molecule has 6 atom stereocenters. The number of aryl methyl sites for hydroxylation is 1. The number of anilines is 1. The molecule has 6 aliphatic rings. The first kappa shape index (κ1) is 35.0. The van der Waals surface area contributed by atoms with Crippen molar-refractivity contribution in [2.24, 2.45) is 28.5 Å². The van der Waals surface area contributed by atoms with Gasteiger partial charge in [0.15, 0.2) is 0 Å². The zero-order valence-corrected chi connectivity index (χ0v) is 31.9. The van der Waals surface area contributed by atoms with Gasteiger partial charge in [-0.05, 0) is 115 Å². The second-order valence-electron chi connectivity index (χ2n) is 16.1. The normalized spacial score (nSPS) is 25.0. The van der Waals surface area contributed by atoms with Crippen LogP contribution in [-0.4, -0.2) is 18.4 Å². The van der Waals surface area contributed by atoms with Crippen LogP contribution in [0.3, 0.4) is 0 Å². The van der Waals surface area contributed by atoms with Gasteiger partial charge in [0.25, 0.3) is 0 Å². The van der Waals surface area contributed by atoms with Crippen molar-refractivity contribution in [2.45, 2.75) is 69.7 Å². The number of nitrogens with two attached hydrogens (primary N) is 1. The van der Waals surface area contributed by atoms with E-state index in [0.717, 1.165) is 68.3 Å². The summed E-state index contributed by atoms with van der Waals surface area (Å²) in [4.78, 5) is 7.81. The van der Waals surface area contributed by atoms with Crippen molar-refractivity contribution < 1.29 is 4.42 Å². The number of allylic oxidation sites excluding steroid dienone is 11. The van der Waals surface area contributed by atoms with Crippen molar-refractivity contribution in [3.63, 3.8) is 0 Å². The first-order valence-electron chi connectivity index (χ1n) is 20.7. The maximum absolute atomic E-state index is 6.73. The van der Waals surface area contributed by atoms with Gasteiger partial charge in [0.1, 0.15) is 17.5 Å². The predicted octanol–water partition coefficient (Wildman–Crippen LogP) is 11.5. The lowest BCUT2D eigenvalue weighted by atomic mass is 9.70. The second-order valence-corrected chi connectivity index (χ2v) is 16.1. The molecule has 0 amide bonds. The quantitative estimate of drug-likeness (QED) is 0.102. The first-order valence-corrected chi connectivity index (χ1v) is 20.7. The van der Waals surface area contributed by atoms with E-state index in [1.54, 1.807) is 5.57 Å². The number of fused-ring (bicyclic) bond motifs is 5. The van der Waals surface area contributed by atoms with Gasteiger partial charge in [0, 0.05) is 46.8 Å². The zero-order chi connectivity index (χ0) is 37.4. The fraction of sp³-hybridized carbons (Fsp3) is 0.275. The molecule has 56 heavy (non-hydrogen) atoms. The van der Waals surface area contributed by atoms with Crippen LogP contribution in [0.15, 0.2) is 171 Å². The third-order valence-corrected chi connectivity index (χ3v) is 12.7. The van der Waals surface area contributed by atoms with Crippen molar-refractivity contribution in [2.75, 3.05) is 4.90 Å². The largest absolute Gasteiger partial charge is 0.460 e. The lowest BCUT2D eigenvalue weighted by Gasteiger charge is -2.37. The van der Waals surface area contributed by atoms with Crippen LogP contribution in [0.25, 0.3) is 28.2 Å². The fourth-order valence-corrected chi connectivity index (χ4v) is 9.90. The Bertz CT molecular complexity index is 2420. The highest BCUT2D eigenvalue weighted by atomic mass is 16.3. The minimum Gasteiger partial charge on any atom is -0.460 e. The molecule has 5 heteroatoms. The summed E-state index contributed by atoms with van der Waals surface area (Å²) in [6.07, 6.45) is 37.6. The Morgan fingerprint density at radius 1 is 0.821 bits per heavy atom. The molecule has 6 unspecified atom stereocenters. The minimum absolute atomic E-state index is 0.194.